The summed E-state index contributed by atoms with van der Waals surface area (Å²) in [6.45, 7) is 5.99. The number of rotatable bonds is 3. The number of benzene rings is 2. The summed E-state index contributed by atoms with van der Waals surface area (Å²) in [6.07, 6.45) is 0. The maximum atomic E-state index is 13.0. The van der Waals surface area contributed by atoms with E-state index in [1.54, 1.807) is 6.07 Å². The minimum Gasteiger partial charge on any atom is -0.507 e. The van der Waals surface area contributed by atoms with Crippen LogP contribution < -0.4 is 5.32 Å². The first-order valence-corrected chi connectivity index (χ1v) is 7.19. The van der Waals surface area contributed by atoms with Crippen molar-refractivity contribution < 1.29 is 9.50 Å². The molecule has 106 valence electrons. The highest BCUT2D eigenvalue weighted by Crippen LogP contribution is 2.31. The van der Waals surface area contributed by atoms with E-state index in [0.717, 1.165) is 27.4 Å². The molecule has 0 spiro atoms. The van der Waals surface area contributed by atoms with Gasteiger partial charge in [0.25, 0.3) is 0 Å². The highest BCUT2D eigenvalue weighted by molar-refractivity contribution is 9.10. The number of anilines is 1. The zero-order chi connectivity index (χ0) is 14.9. The molecule has 1 unspecified atom stereocenters. The molecule has 0 radical (unpaired) electrons. The Morgan fingerprint density at radius 2 is 1.75 bits per heavy atom. The monoisotopic (exact) mass is 337 g/mol. The summed E-state index contributed by atoms with van der Waals surface area (Å²) >= 11 is 3.47. The molecular weight excluding hydrogens is 321 g/mol. The number of hydrogen-bond acceptors (Lipinski definition) is 2. The van der Waals surface area contributed by atoms with Gasteiger partial charge in [-0.2, -0.15) is 0 Å². The SMILES string of the molecule is Cc1cc(Br)cc(C)c1NC(C)c1ccc(F)cc1O. The van der Waals surface area contributed by atoms with Crippen LogP contribution in [0.3, 0.4) is 0 Å². The molecule has 0 aliphatic heterocycles. The average molecular weight is 338 g/mol. The third-order valence-electron chi connectivity index (χ3n) is 3.32. The second-order valence-corrected chi connectivity index (χ2v) is 5.90. The summed E-state index contributed by atoms with van der Waals surface area (Å²) in [7, 11) is 0. The zero-order valence-corrected chi connectivity index (χ0v) is 13.3. The van der Waals surface area contributed by atoms with E-state index in [9.17, 15) is 9.50 Å². The lowest BCUT2D eigenvalue weighted by molar-refractivity contribution is 0.459. The van der Waals surface area contributed by atoms with Crippen LogP contribution in [0.25, 0.3) is 0 Å². The predicted octanol–water partition coefficient (Wildman–Crippen LogP) is 5.08. The van der Waals surface area contributed by atoms with Gasteiger partial charge in [-0.1, -0.05) is 22.0 Å². The van der Waals surface area contributed by atoms with Crippen molar-refractivity contribution in [3.8, 4) is 5.75 Å². The highest BCUT2D eigenvalue weighted by Gasteiger charge is 2.13. The summed E-state index contributed by atoms with van der Waals surface area (Å²) < 4.78 is 14.1. The average Bonchev–Trinajstić information content (AvgIpc) is 2.33. The molecule has 2 N–H and O–H groups in total. The van der Waals surface area contributed by atoms with E-state index in [-0.39, 0.29) is 11.8 Å². The third-order valence-corrected chi connectivity index (χ3v) is 3.78. The molecule has 0 aromatic heterocycles. The van der Waals surface area contributed by atoms with Crippen molar-refractivity contribution in [1.82, 2.24) is 0 Å². The molecule has 2 aromatic rings. The fourth-order valence-electron chi connectivity index (χ4n) is 2.32. The lowest BCUT2D eigenvalue weighted by atomic mass is 10.0. The molecule has 2 aromatic carbocycles. The van der Waals surface area contributed by atoms with Crippen LogP contribution in [0.15, 0.2) is 34.8 Å². The summed E-state index contributed by atoms with van der Waals surface area (Å²) in [6, 6.07) is 8.04. The molecule has 0 aliphatic carbocycles. The van der Waals surface area contributed by atoms with Crippen molar-refractivity contribution in [1.29, 1.82) is 0 Å². The van der Waals surface area contributed by atoms with Gasteiger partial charge in [0.15, 0.2) is 0 Å². The maximum absolute atomic E-state index is 13.0. The van der Waals surface area contributed by atoms with E-state index >= 15 is 0 Å². The van der Waals surface area contributed by atoms with Crippen molar-refractivity contribution in [2.45, 2.75) is 26.8 Å². The Hall–Kier alpha value is -1.55. The summed E-state index contributed by atoms with van der Waals surface area (Å²) in [5.41, 5.74) is 3.94. The van der Waals surface area contributed by atoms with Gasteiger partial charge in [0, 0.05) is 21.8 Å². The zero-order valence-electron chi connectivity index (χ0n) is 11.7. The van der Waals surface area contributed by atoms with Gasteiger partial charge in [0.1, 0.15) is 11.6 Å². The van der Waals surface area contributed by atoms with Gasteiger partial charge in [0.05, 0.1) is 6.04 Å². The number of phenols is 1. The normalized spacial score (nSPS) is 12.2. The molecule has 0 heterocycles. The van der Waals surface area contributed by atoms with E-state index in [1.807, 2.05) is 32.9 Å². The van der Waals surface area contributed by atoms with Gasteiger partial charge < -0.3 is 10.4 Å². The third kappa shape index (κ3) is 3.12. The van der Waals surface area contributed by atoms with Crippen LogP contribution in [0.2, 0.25) is 0 Å². The number of hydrogen-bond donors (Lipinski definition) is 2. The van der Waals surface area contributed by atoms with Crippen molar-refractivity contribution in [3.05, 3.63) is 57.3 Å². The highest BCUT2D eigenvalue weighted by atomic mass is 79.9. The Bertz CT molecular complexity index is 619. The molecule has 0 amide bonds. The van der Waals surface area contributed by atoms with Gasteiger partial charge >= 0.3 is 0 Å². The van der Waals surface area contributed by atoms with Crippen molar-refractivity contribution in [3.63, 3.8) is 0 Å². The van der Waals surface area contributed by atoms with Crippen LogP contribution in [0.1, 0.15) is 29.7 Å². The van der Waals surface area contributed by atoms with Gasteiger partial charge in [0.2, 0.25) is 0 Å². The Morgan fingerprint density at radius 1 is 1.15 bits per heavy atom. The molecule has 0 bridgehead atoms. The van der Waals surface area contributed by atoms with Gasteiger partial charge in [-0.25, -0.2) is 4.39 Å². The Labute approximate surface area is 126 Å². The molecule has 2 nitrogen and oxygen atoms in total. The summed E-state index contributed by atoms with van der Waals surface area (Å²) in [5.74, 6) is -0.466. The van der Waals surface area contributed by atoms with Crippen LogP contribution in [0, 0.1) is 19.7 Å². The van der Waals surface area contributed by atoms with Gasteiger partial charge in [-0.3, -0.25) is 0 Å². The van der Waals surface area contributed by atoms with Crippen LogP contribution in [-0.4, -0.2) is 5.11 Å². The lowest BCUT2D eigenvalue weighted by Crippen LogP contribution is -2.09. The molecular formula is C16H17BrFNO. The van der Waals surface area contributed by atoms with Gasteiger partial charge in [-0.05, 0) is 50.1 Å². The Balaban J connectivity index is 2.30. The topological polar surface area (TPSA) is 32.3 Å². The molecule has 2 rings (SSSR count). The number of aryl methyl sites for hydroxylation is 2. The standard InChI is InChI=1S/C16H17BrFNO/c1-9-6-12(17)7-10(2)16(9)19-11(3)14-5-4-13(18)8-15(14)20/h4-8,11,19-20H,1-3H3. The second-order valence-electron chi connectivity index (χ2n) is 4.98. The Kier molecular flexibility index (Phi) is 4.33. The quantitative estimate of drug-likeness (QED) is 0.818. The predicted molar refractivity (Wildman–Crippen MR) is 83.7 cm³/mol. The maximum Gasteiger partial charge on any atom is 0.126 e. The smallest absolute Gasteiger partial charge is 0.126 e. The number of phenolic OH excluding ortho intramolecular Hbond substituents is 1. The molecule has 0 fully saturated rings. The fraction of sp³-hybridized carbons (Fsp3) is 0.250. The largest absolute Gasteiger partial charge is 0.507 e. The molecule has 0 saturated carbocycles. The summed E-state index contributed by atoms with van der Waals surface area (Å²) in [4.78, 5) is 0. The minimum atomic E-state index is -0.436. The molecule has 0 saturated heterocycles. The van der Waals surface area contributed by atoms with Crippen LogP contribution in [0.5, 0.6) is 5.75 Å². The van der Waals surface area contributed by atoms with Crippen molar-refractivity contribution in [2.75, 3.05) is 5.32 Å². The van der Waals surface area contributed by atoms with Gasteiger partial charge in [-0.15, -0.1) is 0 Å². The molecule has 1 atom stereocenters. The summed E-state index contributed by atoms with van der Waals surface area (Å²) in [5, 5.41) is 13.2. The number of nitrogens with one attached hydrogen (secondary N) is 1. The van der Waals surface area contributed by atoms with Crippen molar-refractivity contribution >= 4 is 21.6 Å². The first-order chi connectivity index (χ1) is 9.38. The first-order valence-electron chi connectivity index (χ1n) is 6.40. The van der Waals surface area contributed by atoms with Crippen LogP contribution in [-0.2, 0) is 0 Å². The minimum absolute atomic E-state index is 0.0302. The first kappa shape index (κ1) is 14.9. The van der Waals surface area contributed by atoms with E-state index in [2.05, 4.69) is 21.2 Å². The number of aromatic hydroxyl groups is 1. The van der Waals surface area contributed by atoms with Crippen molar-refractivity contribution in [2.24, 2.45) is 0 Å². The lowest BCUT2D eigenvalue weighted by Gasteiger charge is -2.20. The molecule has 0 aliphatic rings. The van der Waals surface area contributed by atoms with Crippen LogP contribution in [0.4, 0.5) is 10.1 Å². The van der Waals surface area contributed by atoms with E-state index in [1.165, 1.54) is 6.07 Å². The number of halogens is 2. The fourth-order valence-corrected chi connectivity index (χ4v) is 3.00. The van der Waals surface area contributed by atoms with E-state index < -0.39 is 5.82 Å². The molecule has 4 heteroatoms. The second kappa shape index (κ2) is 5.83. The van der Waals surface area contributed by atoms with E-state index in [0.29, 0.717) is 5.56 Å². The van der Waals surface area contributed by atoms with Crippen LogP contribution >= 0.6 is 15.9 Å². The Morgan fingerprint density at radius 3 is 2.30 bits per heavy atom. The van der Waals surface area contributed by atoms with E-state index in [4.69, 9.17) is 0 Å². The molecule has 20 heavy (non-hydrogen) atoms.